The molecule has 2 heterocycles. The fraction of sp³-hybridized carbons (Fsp3) is 0.391. The van der Waals surface area contributed by atoms with Crippen molar-refractivity contribution in [2.24, 2.45) is 17.6 Å². The summed E-state index contributed by atoms with van der Waals surface area (Å²) in [4.78, 5) is 20.6. The number of methoxy groups -OCH3 is 1. The smallest absolute Gasteiger partial charge is 0.227 e. The maximum atomic E-state index is 12.8. The first-order chi connectivity index (χ1) is 14.0. The lowest BCUT2D eigenvalue weighted by molar-refractivity contribution is -0.121. The average molecular weight is 393 g/mol. The molecule has 1 amide bonds. The van der Waals surface area contributed by atoms with Gasteiger partial charge in [0.1, 0.15) is 11.4 Å². The summed E-state index contributed by atoms with van der Waals surface area (Å²) in [5, 5.41) is 4.04. The monoisotopic (exact) mass is 392 g/mol. The fourth-order valence-electron chi connectivity index (χ4n) is 4.20. The molecule has 1 fully saturated rings. The van der Waals surface area contributed by atoms with Crippen LogP contribution in [-0.2, 0) is 4.79 Å². The number of amides is 1. The Bertz CT molecular complexity index is 986. The molecule has 6 heteroatoms. The van der Waals surface area contributed by atoms with Crippen LogP contribution in [0.5, 0.6) is 5.75 Å². The zero-order valence-electron chi connectivity index (χ0n) is 16.9. The van der Waals surface area contributed by atoms with Gasteiger partial charge in [-0.05, 0) is 80.5 Å². The van der Waals surface area contributed by atoms with E-state index in [9.17, 15) is 4.79 Å². The Hall–Kier alpha value is -2.86. The summed E-state index contributed by atoms with van der Waals surface area (Å²) in [5.41, 5.74) is 9.57. The number of aromatic nitrogens is 2. The molecule has 1 aliphatic rings. The van der Waals surface area contributed by atoms with Crippen molar-refractivity contribution in [2.75, 3.05) is 12.4 Å². The first-order valence-corrected chi connectivity index (χ1v) is 10.2. The highest BCUT2D eigenvalue weighted by Crippen LogP contribution is 2.33. The molecule has 1 aliphatic carbocycles. The summed E-state index contributed by atoms with van der Waals surface area (Å²) in [6.07, 6.45) is 5.56. The van der Waals surface area contributed by atoms with Crippen molar-refractivity contribution < 1.29 is 9.53 Å². The molecule has 1 atom stereocenters. The van der Waals surface area contributed by atoms with E-state index in [1.807, 2.05) is 36.4 Å². The Kier molecular flexibility index (Phi) is 5.53. The Balaban J connectivity index is 1.52. The van der Waals surface area contributed by atoms with Gasteiger partial charge in [-0.1, -0.05) is 0 Å². The minimum Gasteiger partial charge on any atom is -0.497 e. The van der Waals surface area contributed by atoms with Gasteiger partial charge in [0, 0.05) is 29.2 Å². The van der Waals surface area contributed by atoms with E-state index < -0.39 is 0 Å². The number of aromatic amines is 1. The topological polar surface area (TPSA) is 93.0 Å². The van der Waals surface area contributed by atoms with Crippen molar-refractivity contribution in [3.63, 3.8) is 0 Å². The van der Waals surface area contributed by atoms with E-state index in [4.69, 9.17) is 10.5 Å². The van der Waals surface area contributed by atoms with Gasteiger partial charge in [-0.2, -0.15) is 0 Å². The van der Waals surface area contributed by atoms with Gasteiger partial charge >= 0.3 is 0 Å². The number of ether oxygens (including phenoxy) is 1. The third-order valence-electron chi connectivity index (χ3n) is 6.08. The minimum absolute atomic E-state index is 0.0493. The van der Waals surface area contributed by atoms with Gasteiger partial charge in [0.15, 0.2) is 0 Å². The Morgan fingerprint density at radius 1 is 1.21 bits per heavy atom. The van der Waals surface area contributed by atoms with Crippen LogP contribution >= 0.6 is 0 Å². The quantitative estimate of drug-likeness (QED) is 0.602. The number of benzene rings is 1. The molecule has 2 aromatic heterocycles. The van der Waals surface area contributed by atoms with Crippen molar-refractivity contribution in [1.29, 1.82) is 0 Å². The second-order valence-corrected chi connectivity index (χ2v) is 7.99. The molecule has 3 aromatic rings. The summed E-state index contributed by atoms with van der Waals surface area (Å²) in [6.45, 7) is 2.06. The maximum Gasteiger partial charge on any atom is 0.227 e. The third-order valence-corrected chi connectivity index (χ3v) is 6.08. The van der Waals surface area contributed by atoms with Gasteiger partial charge in [-0.15, -0.1) is 0 Å². The lowest BCUT2D eigenvalue weighted by Crippen LogP contribution is -2.33. The summed E-state index contributed by atoms with van der Waals surface area (Å²) < 4.78 is 5.23. The van der Waals surface area contributed by atoms with Gasteiger partial charge in [0.05, 0.1) is 12.8 Å². The molecule has 1 unspecified atom stereocenters. The number of hydrogen-bond donors (Lipinski definition) is 3. The number of pyridine rings is 1. The van der Waals surface area contributed by atoms with Gasteiger partial charge in [-0.25, -0.2) is 4.98 Å². The van der Waals surface area contributed by atoms with Gasteiger partial charge in [0.2, 0.25) is 5.91 Å². The number of carbonyl (C=O) groups is 1. The molecule has 6 nitrogen and oxygen atoms in total. The number of nitrogens with one attached hydrogen (secondary N) is 2. The Labute approximate surface area is 170 Å². The highest BCUT2D eigenvalue weighted by Gasteiger charge is 2.28. The number of H-pyrrole nitrogens is 1. The van der Waals surface area contributed by atoms with Crippen molar-refractivity contribution in [2.45, 2.75) is 38.6 Å². The van der Waals surface area contributed by atoms with Crippen molar-refractivity contribution in [3.8, 4) is 17.0 Å². The molecule has 0 bridgehead atoms. The predicted octanol–water partition coefficient (Wildman–Crippen LogP) is 4.33. The number of hydrogen-bond acceptors (Lipinski definition) is 4. The van der Waals surface area contributed by atoms with Crippen LogP contribution in [0.25, 0.3) is 22.3 Å². The zero-order chi connectivity index (χ0) is 20.4. The Morgan fingerprint density at radius 2 is 1.93 bits per heavy atom. The third kappa shape index (κ3) is 4.12. The second-order valence-electron chi connectivity index (χ2n) is 7.99. The van der Waals surface area contributed by atoms with Gasteiger partial charge in [-0.3, -0.25) is 4.79 Å². The van der Waals surface area contributed by atoms with Crippen LogP contribution in [0.4, 0.5) is 5.69 Å². The first kappa shape index (κ1) is 19.5. The molecule has 0 spiro atoms. The second kappa shape index (κ2) is 8.25. The van der Waals surface area contributed by atoms with Crippen LogP contribution < -0.4 is 15.8 Å². The van der Waals surface area contributed by atoms with Crippen LogP contribution in [0.2, 0.25) is 0 Å². The van der Waals surface area contributed by atoms with Crippen LogP contribution in [0.1, 0.15) is 32.6 Å². The number of carbonyl (C=O) groups excluding carboxylic acids is 1. The van der Waals surface area contributed by atoms with Crippen LogP contribution in [0.3, 0.4) is 0 Å². The number of rotatable bonds is 5. The lowest BCUT2D eigenvalue weighted by atomic mass is 9.79. The molecule has 0 aliphatic heterocycles. The lowest BCUT2D eigenvalue weighted by Gasteiger charge is -2.30. The van der Waals surface area contributed by atoms with Crippen molar-refractivity contribution in [3.05, 3.63) is 42.6 Å². The van der Waals surface area contributed by atoms with E-state index in [-0.39, 0.29) is 17.9 Å². The Morgan fingerprint density at radius 3 is 2.59 bits per heavy atom. The first-order valence-electron chi connectivity index (χ1n) is 10.2. The molecule has 4 N–H and O–H groups in total. The van der Waals surface area contributed by atoms with E-state index >= 15 is 0 Å². The van der Waals surface area contributed by atoms with E-state index in [1.165, 1.54) is 0 Å². The van der Waals surface area contributed by atoms with Crippen LogP contribution in [0, 0.1) is 11.8 Å². The number of fused-ring (bicyclic) bond motifs is 1. The number of anilines is 1. The van der Waals surface area contributed by atoms with Crippen molar-refractivity contribution in [1.82, 2.24) is 9.97 Å². The van der Waals surface area contributed by atoms with Crippen LogP contribution in [0.15, 0.2) is 42.6 Å². The van der Waals surface area contributed by atoms with E-state index in [2.05, 4.69) is 22.2 Å². The zero-order valence-corrected chi connectivity index (χ0v) is 16.9. The molecule has 0 saturated heterocycles. The van der Waals surface area contributed by atoms with Crippen LogP contribution in [-0.4, -0.2) is 29.0 Å². The largest absolute Gasteiger partial charge is 0.497 e. The van der Waals surface area contributed by atoms with E-state index in [0.29, 0.717) is 5.92 Å². The summed E-state index contributed by atoms with van der Waals surface area (Å²) in [5.74, 6) is 1.49. The predicted molar refractivity (Wildman–Crippen MR) is 116 cm³/mol. The summed E-state index contributed by atoms with van der Waals surface area (Å²) in [6, 6.07) is 11.9. The van der Waals surface area contributed by atoms with E-state index in [0.717, 1.165) is 59.4 Å². The summed E-state index contributed by atoms with van der Waals surface area (Å²) >= 11 is 0. The minimum atomic E-state index is 0.0493. The van der Waals surface area contributed by atoms with Gasteiger partial charge in [0.25, 0.3) is 0 Å². The maximum absolute atomic E-state index is 12.8. The summed E-state index contributed by atoms with van der Waals surface area (Å²) in [7, 11) is 1.65. The molecule has 1 saturated carbocycles. The molecule has 29 heavy (non-hydrogen) atoms. The highest BCUT2D eigenvalue weighted by atomic mass is 16.5. The molecule has 1 aromatic carbocycles. The standard InChI is InChI=1S/C23H28N4O2/c1-14(24)15-3-5-17(6-4-15)23(28)27-20-11-12-25-22-19(20)13-21(26-22)16-7-9-18(29-2)10-8-16/h7-15,17H,3-6,24H2,1-2H3,(H2,25,26,27,28). The SMILES string of the molecule is COc1ccc(-c2cc3c(NC(=O)C4CCC(C(C)N)CC4)ccnc3[nH]2)cc1. The number of nitrogens with zero attached hydrogens (tertiary/aromatic N) is 1. The van der Waals surface area contributed by atoms with Gasteiger partial charge < -0.3 is 20.8 Å². The molecular formula is C23H28N4O2. The van der Waals surface area contributed by atoms with E-state index in [1.54, 1.807) is 13.3 Å². The van der Waals surface area contributed by atoms with Crippen molar-refractivity contribution >= 4 is 22.6 Å². The molecular weight excluding hydrogens is 364 g/mol. The molecule has 152 valence electrons. The number of nitrogens with two attached hydrogens (primary N) is 1. The molecule has 4 rings (SSSR count). The molecule has 0 radical (unpaired) electrons. The highest BCUT2D eigenvalue weighted by molar-refractivity contribution is 6.02. The average Bonchev–Trinajstić information content (AvgIpc) is 3.19. The normalized spacial score (nSPS) is 20.4. The fourth-order valence-corrected chi connectivity index (χ4v) is 4.20.